The van der Waals surface area contributed by atoms with Gasteiger partial charge in [0.25, 0.3) is 0 Å². The van der Waals surface area contributed by atoms with Gasteiger partial charge in [0, 0.05) is 24.5 Å². The average Bonchev–Trinajstić information content (AvgIpc) is 3.31. The van der Waals surface area contributed by atoms with Crippen LogP contribution in [0.3, 0.4) is 0 Å². The van der Waals surface area contributed by atoms with Crippen molar-refractivity contribution in [3.63, 3.8) is 0 Å². The summed E-state index contributed by atoms with van der Waals surface area (Å²) < 4.78 is 10.9. The van der Waals surface area contributed by atoms with Crippen LogP contribution in [0.2, 0.25) is 0 Å². The van der Waals surface area contributed by atoms with E-state index in [1.807, 2.05) is 12.1 Å². The highest BCUT2D eigenvalue weighted by Crippen LogP contribution is 2.34. The Morgan fingerprint density at radius 1 is 1.07 bits per heavy atom. The SMILES string of the molecule is Cc1cc2c(NCc3ccc4c(c3)OCO4)nc(N3CCCCC3)nc2s1. The molecule has 0 atom stereocenters. The molecule has 2 aliphatic rings. The molecule has 0 saturated carbocycles. The Balaban J connectivity index is 1.44. The number of aryl methyl sites for hydroxylation is 1. The van der Waals surface area contributed by atoms with Crippen LogP contribution < -0.4 is 19.7 Å². The minimum atomic E-state index is 0.298. The largest absolute Gasteiger partial charge is 0.454 e. The maximum atomic E-state index is 5.48. The molecule has 140 valence electrons. The summed E-state index contributed by atoms with van der Waals surface area (Å²) in [5.41, 5.74) is 1.14. The van der Waals surface area contributed by atoms with Gasteiger partial charge >= 0.3 is 0 Å². The highest BCUT2D eigenvalue weighted by Gasteiger charge is 2.18. The van der Waals surface area contributed by atoms with Crippen molar-refractivity contribution in [2.75, 3.05) is 30.1 Å². The summed E-state index contributed by atoms with van der Waals surface area (Å²) in [6.45, 7) is 5.17. The Kier molecular flexibility index (Phi) is 4.24. The molecule has 0 amide bonds. The molecule has 3 aromatic rings. The van der Waals surface area contributed by atoms with Gasteiger partial charge in [0.1, 0.15) is 10.6 Å². The van der Waals surface area contributed by atoms with Crippen LogP contribution in [-0.2, 0) is 6.54 Å². The van der Waals surface area contributed by atoms with Crippen molar-refractivity contribution in [3.8, 4) is 11.5 Å². The Labute approximate surface area is 162 Å². The maximum absolute atomic E-state index is 5.48. The van der Waals surface area contributed by atoms with Crippen LogP contribution in [0.1, 0.15) is 29.7 Å². The second-order valence-corrected chi connectivity index (χ2v) is 8.27. The van der Waals surface area contributed by atoms with Gasteiger partial charge in [-0.1, -0.05) is 6.07 Å². The molecule has 4 heterocycles. The van der Waals surface area contributed by atoms with Crippen LogP contribution in [-0.4, -0.2) is 29.9 Å². The fourth-order valence-electron chi connectivity index (χ4n) is 3.64. The van der Waals surface area contributed by atoms with Crippen molar-refractivity contribution in [1.82, 2.24) is 9.97 Å². The number of anilines is 2. The van der Waals surface area contributed by atoms with Crippen molar-refractivity contribution >= 4 is 33.3 Å². The van der Waals surface area contributed by atoms with E-state index in [1.165, 1.54) is 24.1 Å². The molecule has 1 saturated heterocycles. The van der Waals surface area contributed by atoms with Gasteiger partial charge in [-0.05, 0) is 49.9 Å². The molecule has 0 unspecified atom stereocenters. The van der Waals surface area contributed by atoms with Crippen LogP contribution >= 0.6 is 11.3 Å². The Morgan fingerprint density at radius 3 is 2.81 bits per heavy atom. The number of hydrogen-bond donors (Lipinski definition) is 1. The molecule has 6 nitrogen and oxygen atoms in total. The molecule has 0 spiro atoms. The molecule has 1 fully saturated rings. The smallest absolute Gasteiger partial charge is 0.231 e. The first kappa shape index (κ1) is 16.6. The number of aromatic nitrogens is 2. The maximum Gasteiger partial charge on any atom is 0.231 e. The second kappa shape index (κ2) is 6.88. The van der Waals surface area contributed by atoms with E-state index in [-0.39, 0.29) is 0 Å². The number of benzene rings is 1. The first-order valence-electron chi connectivity index (χ1n) is 9.42. The van der Waals surface area contributed by atoms with Gasteiger partial charge < -0.3 is 19.7 Å². The zero-order valence-electron chi connectivity index (χ0n) is 15.3. The molecule has 5 rings (SSSR count). The third-order valence-electron chi connectivity index (χ3n) is 5.04. The summed E-state index contributed by atoms with van der Waals surface area (Å²) in [4.78, 5) is 14.3. The fraction of sp³-hybridized carbons (Fsp3) is 0.400. The Bertz CT molecular complexity index is 982. The van der Waals surface area contributed by atoms with E-state index in [0.717, 1.165) is 52.1 Å². The minimum Gasteiger partial charge on any atom is -0.454 e. The van der Waals surface area contributed by atoms with Crippen molar-refractivity contribution < 1.29 is 9.47 Å². The molecular weight excluding hydrogens is 360 g/mol. The number of piperidine rings is 1. The lowest BCUT2D eigenvalue weighted by Crippen LogP contribution is -2.31. The van der Waals surface area contributed by atoms with Crippen molar-refractivity contribution in [3.05, 3.63) is 34.7 Å². The third-order valence-corrected chi connectivity index (χ3v) is 5.98. The molecule has 2 aliphatic heterocycles. The number of hydrogen-bond acceptors (Lipinski definition) is 7. The molecule has 0 radical (unpaired) electrons. The number of nitrogens with one attached hydrogen (secondary N) is 1. The molecule has 7 heteroatoms. The number of ether oxygens (including phenoxy) is 2. The number of nitrogens with zero attached hydrogens (tertiary/aromatic N) is 3. The summed E-state index contributed by atoms with van der Waals surface area (Å²) in [6.07, 6.45) is 3.72. The van der Waals surface area contributed by atoms with Crippen LogP contribution in [0.15, 0.2) is 24.3 Å². The third kappa shape index (κ3) is 3.27. The van der Waals surface area contributed by atoms with Gasteiger partial charge in [-0.2, -0.15) is 4.98 Å². The molecular formula is C20H22N4O2S. The quantitative estimate of drug-likeness (QED) is 0.725. The summed E-state index contributed by atoms with van der Waals surface area (Å²) in [5, 5.41) is 4.62. The van der Waals surface area contributed by atoms with Crippen molar-refractivity contribution in [1.29, 1.82) is 0 Å². The van der Waals surface area contributed by atoms with E-state index in [2.05, 4.69) is 29.3 Å². The number of thiophene rings is 1. The topological polar surface area (TPSA) is 59.5 Å². The lowest BCUT2D eigenvalue weighted by atomic mass is 10.1. The predicted octanol–water partition coefficient (Wildman–Crippen LogP) is 4.33. The highest BCUT2D eigenvalue weighted by atomic mass is 32.1. The molecule has 27 heavy (non-hydrogen) atoms. The van der Waals surface area contributed by atoms with Crippen LogP contribution in [0.5, 0.6) is 11.5 Å². The van der Waals surface area contributed by atoms with E-state index >= 15 is 0 Å². The lowest BCUT2D eigenvalue weighted by molar-refractivity contribution is 0.174. The zero-order valence-corrected chi connectivity index (χ0v) is 16.1. The van der Waals surface area contributed by atoms with Gasteiger partial charge in [-0.3, -0.25) is 0 Å². The lowest BCUT2D eigenvalue weighted by Gasteiger charge is -2.27. The van der Waals surface area contributed by atoms with Crippen LogP contribution in [0, 0.1) is 6.92 Å². The molecule has 0 aliphatic carbocycles. The summed E-state index contributed by atoms with van der Waals surface area (Å²) in [6, 6.07) is 8.21. The van der Waals surface area contributed by atoms with Gasteiger partial charge in [0.2, 0.25) is 12.7 Å². The molecule has 1 N–H and O–H groups in total. The highest BCUT2D eigenvalue weighted by molar-refractivity contribution is 7.18. The van der Waals surface area contributed by atoms with Crippen LogP contribution in [0.25, 0.3) is 10.2 Å². The normalized spacial score (nSPS) is 16.1. The predicted molar refractivity (Wildman–Crippen MR) is 108 cm³/mol. The summed E-state index contributed by atoms with van der Waals surface area (Å²) in [7, 11) is 0. The van der Waals surface area contributed by atoms with E-state index in [1.54, 1.807) is 11.3 Å². The summed E-state index contributed by atoms with van der Waals surface area (Å²) in [5.74, 6) is 3.37. The fourth-order valence-corrected chi connectivity index (χ4v) is 4.51. The van der Waals surface area contributed by atoms with E-state index in [0.29, 0.717) is 13.3 Å². The van der Waals surface area contributed by atoms with Gasteiger partial charge in [0.05, 0.1) is 5.39 Å². The van der Waals surface area contributed by atoms with E-state index in [4.69, 9.17) is 19.4 Å². The molecule has 2 aromatic heterocycles. The van der Waals surface area contributed by atoms with Gasteiger partial charge in [0.15, 0.2) is 11.5 Å². The first-order valence-corrected chi connectivity index (χ1v) is 10.2. The number of fused-ring (bicyclic) bond motifs is 2. The number of rotatable bonds is 4. The van der Waals surface area contributed by atoms with Crippen molar-refractivity contribution in [2.45, 2.75) is 32.7 Å². The van der Waals surface area contributed by atoms with Gasteiger partial charge in [-0.25, -0.2) is 4.98 Å². The molecule has 1 aromatic carbocycles. The van der Waals surface area contributed by atoms with Crippen molar-refractivity contribution in [2.24, 2.45) is 0 Å². The second-order valence-electron chi connectivity index (χ2n) is 7.04. The zero-order chi connectivity index (χ0) is 18.2. The average molecular weight is 382 g/mol. The first-order chi connectivity index (χ1) is 13.3. The van der Waals surface area contributed by atoms with Crippen LogP contribution in [0.4, 0.5) is 11.8 Å². The Hall–Kier alpha value is -2.54. The van der Waals surface area contributed by atoms with Gasteiger partial charge in [-0.15, -0.1) is 11.3 Å². The Morgan fingerprint density at radius 2 is 1.93 bits per heavy atom. The van der Waals surface area contributed by atoms with E-state index in [9.17, 15) is 0 Å². The molecule has 0 bridgehead atoms. The minimum absolute atomic E-state index is 0.298. The standard InChI is InChI=1S/C20H22N4O2S/c1-13-9-15-18(21-11-14-5-6-16-17(10-14)26-12-25-16)22-20(23-19(15)27-13)24-7-3-2-4-8-24/h5-6,9-10H,2-4,7-8,11-12H2,1H3,(H,21,22,23). The van der Waals surface area contributed by atoms with E-state index < -0.39 is 0 Å². The monoisotopic (exact) mass is 382 g/mol. The summed E-state index contributed by atoms with van der Waals surface area (Å²) >= 11 is 1.73.